The molecule has 0 saturated carbocycles. The predicted molar refractivity (Wildman–Crippen MR) is 73.6 cm³/mol. The van der Waals surface area contributed by atoms with Gasteiger partial charge in [-0.25, -0.2) is 0 Å². The SMILES string of the molecule is NC(=O)c1ccc(Oc2cccc(N)c2)cc1Br. The van der Waals surface area contributed by atoms with Crippen LogP contribution in [0.15, 0.2) is 46.9 Å². The minimum atomic E-state index is -0.489. The van der Waals surface area contributed by atoms with Crippen molar-refractivity contribution in [3.05, 3.63) is 52.5 Å². The standard InChI is InChI=1S/C13H11BrN2O2/c14-12-7-10(4-5-11(12)13(16)17)18-9-3-1-2-8(15)6-9/h1-7H,15H2,(H2,16,17). The molecule has 4 nitrogen and oxygen atoms in total. The first kappa shape index (κ1) is 12.4. The lowest BCUT2D eigenvalue weighted by atomic mass is 10.2. The number of carbonyl (C=O) groups excluding carboxylic acids is 1. The van der Waals surface area contributed by atoms with Crippen molar-refractivity contribution >= 4 is 27.5 Å². The van der Waals surface area contributed by atoms with E-state index in [-0.39, 0.29) is 0 Å². The average molecular weight is 307 g/mol. The number of hydrogen-bond acceptors (Lipinski definition) is 3. The van der Waals surface area contributed by atoms with Gasteiger partial charge >= 0.3 is 0 Å². The molecule has 5 heteroatoms. The van der Waals surface area contributed by atoms with E-state index in [0.29, 0.717) is 27.2 Å². The highest BCUT2D eigenvalue weighted by Crippen LogP contribution is 2.27. The number of anilines is 1. The molecule has 0 aliphatic carbocycles. The van der Waals surface area contributed by atoms with Crippen LogP contribution in [0.1, 0.15) is 10.4 Å². The summed E-state index contributed by atoms with van der Waals surface area (Å²) in [5.74, 6) is 0.739. The monoisotopic (exact) mass is 306 g/mol. The van der Waals surface area contributed by atoms with Gasteiger partial charge in [0.15, 0.2) is 0 Å². The molecule has 0 atom stereocenters. The molecule has 0 unspecified atom stereocenters. The van der Waals surface area contributed by atoms with Gasteiger partial charge in [0, 0.05) is 16.2 Å². The van der Waals surface area contributed by atoms with Crippen molar-refractivity contribution in [2.75, 3.05) is 5.73 Å². The predicted octanol–water partition coefficient (Wildman–Crippen LogP) is 2.92. The van der Waals surface area contributed by atoms with E-state index in [2.05, 4.69) is 15.9 Å². The van der Waals surface area contributed by atoms with Crippen molar-refractivity contribution in [1.82, 2.24) is 0 Å². The summed E-state index contributed by atoms with van der Waals surface area (Å²) < 4.78 is 6.21. The highest BCUT2D eigenvalue weighted by molar-refractivity contribution is 9.10. The molecule has 18 heavy (non-hydrogen) atoms. The normalized spacial score (nSPS) is 10.1. The van der Waals surface area contributed by atoms with E-state index in [1.165, 1.54) is 0 Å². The summed E-state index contributed by atoms with van der Waals surface area (Å²) in [5, 5.41) is 0. The molecule has 0 aromatic heterocycles. The average Bonchev–Trinajstić information content (AvgIpc) is 2.28. The van der Waals surface area contributed by atoms with Crippen LogP contribution < -0.4 is 16.2 Å². The van der Waals surface area contributed by atoms with Gasteiger partial charge in [-0.05, 0) is 46.3 Å². The van der Waals surface area contributed by atoms with Crippen LogP contribution in [0, 0.1) is 0 Å². The highest BCUT2D eigenvalue weighted by Gasteiger charge is 2.07. The molecule has 0 bridgehead atoms. The summed E-state index contributed by atoms with van der Waals surface area (Å²) in [6.07, 6.45) is 0. The van der Waals surface area contributed by atoms with Gasteiger partial charge in [0.2, 0.25) is 5.91 Å². The van der Waals surface area contributed by atoms with Gasteiger partial charge in [0.25, 0.3) is 0 Å². The lowest BCUT2D eigenvalue weighted by Gasteiger charge is -2.08. The van der Waals surface area contributed by atoms with E-state index in [0.717, 1.165) is 0 Å². The molecule has 0 aliphatic heterocycles. The van der Waals surface area contributed by atoms with Crippen molar-refractivity contribution in [1.29, 1.82) is 0 Å². The van der Waals surface area contributed by atoms with E-state index in [1.54, 1.807) is 42.5 Å². The second-order valence-electron chi connectivity index (χ2n) is 3.68. The lowest BCUT2D eigenvalue weighted by Crippen LogP contribution is -2.11. The highest BCUT2D eigenvalue weighted by atomic mass is 79.9. The Hall–Kier alpha value is -2.01. The molecule has 0 heterocycles. The van der Waals surface area contributed by atoms with Gasteiger partial charge in [0.05, 0.1) is 5.56 Å². The van der Waals surface area contributed by atoms with Gasteiger partial charge < -0.3 is 16.2 Å². The minimum absolute atomic E-state index is 0.412. The number of hydrogen-bond donors (Lipinski definition) is 2. The Balaban J connectivity index is 2.25. The third-order valence-corrected chi connectivity index (χ3v) is 2.96. The number of amides is 1. The van der Waals surface area contributed by atoms with Gasteiger partial charge in [-0.3, -0.25) is 4.79 Å². The first-order valence-corrected chi connectivity index (χ1v) is 5.98. The zero-order chi connectivity index (χ0) is 13.1. The Bertz CT molecular complexity index is 599. The summed E-state index contributed by atoms with van der Waals surface area (Å²) in [6, 6.07) is 12.1. The number of benzene rings is 2. The van der Waals surface area contributed by atoms with Crippen LogP contribution in [0.4, 0.5) is 5.69 Å². The fourth-order valence-corrected chi connectivity index (χ4v) is 2.03. The van der Waals surface area contributed by atoms with E-state index in [4.69, 9.17) is 16.2 Å². The van der Waals surface area contributed by atoms with Crippen LogP contribution in [0.25, 0.3) is 0 Å². The Morgan fingerprint density at radius 2 is 1.83 bits per heavy atom. The first-order chi connectivity index (χ1) is 8.56. The molecule has 1 amide bonds. The zero-order valence-electron chi connectivity index (χ0n) is 9.39. The molecule has 0 fully saturated rings. The van der Waals surface area contributed by atoms with Crippen molar-refractivity contribution < 1.29 is 9.53 Å². The molecule has 2 aromatic carbocycles. The second-order valence-corrected chi connectivity index (χ2v) is 4.53. The fraction of sp³-hybridized carbons (Fsp3) is 0. The minimum Gasteiger partial charge on any atom is -0.457 e. The van der Waals surface area contributed by atoms with Gasteiger partial charge in [0.1, 0.15) is 11.5 Å². The van der Waals surface area contributed by atoms with Crippen molar-refractivity contribution in [3.63, 3.8) is 0 Å². The van der Waals surface area contributed by atoms with Crippen molar-refractivity contribution in [2.45, 2.75) is 0 Å². The summed E-state index contributed by atoms with van der Waals surface area (Å²) in [7, 11) is 0. The van der Waals surface area contributed by atoms with E-state index in [1.807, 2.05) is 0 Å². The Kier molecular flexibility index (Phi) is 3.53. The van der Waals surface area contributed by atoms with Gasteiger partial charge in [-0.2, -0.15) is 0 Å². The number of rotatable bonds is 3. The Morgan fingerprint density at radius 1 is 1.11 bits per heavy atom. The molecule has 0 aliphatic rings. The largest absolute Gasteiger partial charge is 0.457 e. The van der Waals surface area contributed by atoms with Crippen LogP contribution in [-0.2, 0) is 0 Å². The molecule has 2 rings (SSSR count). The van der Waals surface area contributed by atoms with Crippen molar-refractivity contribution in [3.8, 4) is 11.5 Å². The van der Waals surface area contributed by atoms with Crippen LogP contribution in [0.5, 0.6) is 11.5 Å². The molecule has 0 spiro atoms. The van der Waals surface area contributed by atoms with Crippen LogP contribution in [0.3, 0.4) is 0 Å². The molecule has 4 N–H and O–H groups in total. The maximum absolute atomic E-state index is 11.1. The molecular formula is C13H11BrN2O2. The number of carbonyl (C=O) groups is 1. The first-order valence-electron chi connectivity index (χ1n) is 5.19. The van der Waals surface area contributed by atoms with Crippen molar-refractivity contribution in [2.24, 2.45) is 5.73 Å². The topological polar surface area (TPSA) is 78.3 Å². The Morgan fingerprint density at radius 3 is 2.44 bits per heavy atom. The fourth-order valence-electron chi connectivity index (χ4n) is 1.47. The third kappa shape index (κ3) is 2.81. The van der Waals surface area contributed by atoms with Gasteiger partial charge in [-0.1, -0.05) is 6.07 Å². The summed E-state index contributed by atoms with van der Waals surface area (Å²) in [6.45, 7) is 0. The molecule has 0 radical (unpaired) electrons. The number of nitrogen functional groups attached to an aromatic ring is 1. The van der Waals surface area contributed by atoms with Crippen LogP contribution in [0.2, 0.25) is 0 Å². The molecule has 2 aromatic rings. The maximum Gasteiger partial charge on any atom is 0.249 e. The molecule has 0 saturated heterocycles. The molecule has 92 valence electrons. The quantitative estimate of drug-likeness (QED) is 0.856. The van der Waals surface area contributed by atoms with Crippen LogP contribution in [-0.4, -0.2) is 5.91 Å². The number of ether oxygens (including phenoxy) is 1. The maximum atomic E-state index is 11.1. The second kappa shape index (κ2) is 5.10. The van der Waals surface area contributed by atoms with E-state index >= 15 is 0 Å². The Labute approximate surface area is 113 Å². The van der Waals surface area contributed by atoms with Gasteiger partial charge in [-0.15, -0.1) is 0 Å². The summed E-state index contributed by atoms with van der Waals surface area (Å²) >= 11 is 3.27. The third-order valence-electron chi connectivity index (χ3n) is 2.30. The van der Waals surface area contributed by atoms with E-state index < -0.39 is 5.91 Å². The summed E-state index contributed by atoms with van der Waals surface area (Å²) in [4.78, 5) is 11.1. The smallest absolute Gasteiger partial charge is 0.249 e. The number of primary amides is 1. The lowest BCUT2D eigenvalue weighted by molar-refractivity contribution is 0.0999. The zero-order valence-corrected chi connectivity index (χ0v) is 11.0. The molecular weight excluding hydrogens is 296 g/mol. The number of nitrogens with two attached hydrogens (primary N) is 2. The summed E-state index contributed by atoms with van der Waals surface area (Å²) in [5.41, 5.74) is 11.9. The van der Waals surface area contributed by atoms with Crippen LogP contribution >= 0.6 is 15.9 Å². The number of halogens is 1. The van der Waals surface area contributed by atoms with E-state index in [9.17, 15) is 4.79 Å².